The lowest BCUT2D eigenvalue weighted by Gasteiger charge is -2.38. The van der Waals surface area contributed by atoms with Crippen molar-refractivity contribution in [3.8, 4) is 0 Å². The van der Waals surface area contributed by atoms with Gasteiger partial charge in [-0.05, 0) is 32.6 Å². The topological polar surface area (TPSA) is 21.3 Å². The van der Waals surface area contributed by atoms with Crippen LogP contribution in [0.4, 0.5) is 0 Å². The van der Waals surface area contributed by atoms with Gasteiger partial charge in [-0.1, -0.05) is 33.1 Å². The monoisotopic (exact) mass is 227 g/mol. The van der Waals surface area contributed by atoms with Gasteiger partial charge < -0.3 is 10.1 Å². The van der Waals surface area contributed by atoms with E-state index in [1.807, 2.05) is 0 Å². The molecule has 96 valence electrons. The number of hydrogen-bond donors (Lipinski definition) is 1. The van der Waals surface area contributed by atoms with Crippen LogP contribution in [0.15, 0.2) is 0 Å². The Kier molecular flexibility index (Phi) is 7.06. The summed E-state index contributed by atoms with van der Waals surface area (Å²) in [6.45, 7) is 7.51. The van der Waals surface area contributed by atoms with Crippen LogP contribution in [0.5, 0.6) is 0 Å². The van der Waals surface area contributed by atoms with Gasteiger partial charge in [-0.2, -0.15) is 0 Å². The maximum Gasteiger partial charge on any atom is 0.0604 e. The number of ether oxygens (including phenoxy) is 1. The van der Waals surface area contributed by atoms with Gasteiger partial charge in [0.2, 0.25) is 0 Å². The minimum Gasteiger partial charge on any atom is -0.378 e. The predicted octanol–water partition coefficient (Wildman–Crippen LogP) is 3.50. The average molecular weight is 227 g/mol. The van der Waals surface area contributed by atoms with Crippen molar-refractivity contribution in [1.29, 1.82) is 0 Å². The van der Waals surface area contributed by atoms with E-state index in [4.69, 9.17) is 4.74 Å². The molecule has 0 aromatic carbocycles. The van der Waals surface area contributed by atoms with Gasteiger partial charge in [0, 0.05) is 18.7 Å². The molecule has 2 heteroatoms. The Morgan fingerprint density at radius 1 is 1.12 bits per heavy atom. The minimum absolute atomic E-state index is 0.538. The highest BCUT2D eigenvalue weighted by Gasteiger charge is 2.30. The van der Waals surface area contributed by atoms with Crippen LogP contribution < -0.4 is 5.32 Å². The molecule has 1 N–H and O–H groups in total. The van der Waals surface area contributed by atoms with Gasteiger partial charge in [0.05, 0.1) is 6.10 Å². The standard InChI is InChI=1S/C14H29NO/c1-4-7-9-12(8-5-2)15-13-10-14(11-13)16-6-3/h12-15H,4-11H2,1-3H3. The van der Waals surface area contributed by atoms with E-state index < -0.39 is 0 Å². The quantitative estimate of drug-likeness (QED) is 0.651. The number of rotatable bonds is 9. The molecule has 0 heterocycles. The lowest BCUT2D eigenvalue weighted by molar-refractivity contribution is -0.0129. The van der Waals surface area contributed by atoms with E-state index in [-0.39, 0.29) is 0 Å². The summed E-state index contributed by atoms with van der Waals surface area (Å²) in [5.41, 5.74) is 0. The molecule has 1 fully saturated rings. The molecule has 0 bridgehead atoms. The van der Waals surface area contributed by atoms with E-state index in [9.17, 15) is 0 Å². The summed E-state index contributed by atoms with van der Waals surface area (Å²) in [5.74, 6) is 0. The third-order valence-corrected chi connectivity index (χ3v) is 3.51. The molecule has 1 unspecified atom stereocenters. The molecule has 0 radical (unpaired) electrons. The molecule has 1 aliphatic carbocycles. The van der Waals surface area contributed by atoms with Crippen LogP contribution in [0.3, 0.4) is 0 Å². The van der Waals surface area contributed by atoms with Gasteiger partial charge in [0.15, 0.2) is 0 Å². The predicted molar refractivity (Wildman–Crippen MR) is 69.8 cm³/mol. The fourth-order valence-electron chi connectivity index (χ4n) is 2.52. The molecular weight excluding hydrogens is 198 g/mol. The molecule has 0 amide bonds. The summed E-state index contributed by atoms with van der Waals surface area (Å²) < 4.78 is 5.59. The van der Waals surface area contributed by atoms with Crippen molar-refractivity contribution in [3.05, 3.63) is 0 Å². The zero-order valence-corrected chi connectivity index (χ0v) is 11.3. The highest BCUT2D eigenvalue weighted by Crippen LogP contribution is 2.24. The van der Waals surface area contributed by atoms with Gasteiger partial charge in [-0.3, -0.25) is 0 Å². The second kappa shape index (κ2) is 8.08. The lowest BCUT2D eigenvalue weighted by Crippen LogP contribution is -2.49. The van der Waals surface area contributed by atoms with Crippen molar-refractivity contribution >= 4 is 0 Å². The van der Waals surface area contributed by atoms with Crippen LogP contribution in [-0.4, -0.2) is 24.8 Å². The van der Waals surface area contributed by atoms with Crippen molar-refractivity contribution in [1.82, 2.24) is 5.32 Å². The maximum absolute atomic E-state index is 5.59. The molecular formula is C14H29NO. The van der Waals surface area contributed by atoms with Crippen molar-refractivity contribution in [2.75, 3.05) is 6.61 Å². The van der Waals surface area contributed by atoms with Crippen LogP contribution in [0.2, 0.25) is 0 Å². The normalized spacial score (nSPS) is 26.4. The molecule has 0 aromatic rings. The largest absolute Gasteiger partial charge is 0.378 e. The lowest BCUT2D eigenvalue weighted by atomic mass is 9.87. The molecule has 0 aliphatic heterocycles. The fraction of sp³-hybridized carbons (Fsp3) is 1.00. The van der Waals surface area contributed by atoms with Gasteiger partial charge in [-0.25, -0.2) is 0 Å². The van der Waals surface area contributed by atoms with Crippen LogP contribution in [-0.2, 0) is 4.74 Å². The Balaban J connectivity index is 2.12. The molecule has 0 aromatic heterocycles. The third-order valence-electron chi connectivity index (χ3n) is 3.51. The first-order valence-electron chi connectivity index (χ1n) is 7.17. The second-order valence-corrected chi connectivity index (χ2v) is 5.04. The Labute approximate surface area is 101 Å². The highest BCUT2D eigenvalue weighted by molar-refractivity contribution is 4.88. The zero-order chi connectivity index (χ0) is 11.8. The van der Waals surface area contributed by atoms with Crippen molar-refractivity contribution in [2.45, 2.75) is 83.9 Å². The van der Waals surface area contributed by atoms with E-state index in [0.29, 0.717) is 6.10 Å². The zero-order valence-electron chi connectivity index (χ0n) is 11.3. The molecule has 1 rings (SSSR count). The molecule has 0 spiro atoms. The highest BCUT2D eigenvalue weighted by atomic mass is 16.5. The molecule has 1 saturated carbocycles. The second-order valence-electron chi connectivity index (χ2n) is 5.04. The third kappa shape index (κ3) is 4.84. The van der Waals surface area contributed by atoms with Gasteiger partial charge in [0.1, 0.15) is 0 Å². The number of unbranched alkanes of at least 4 members (excludes halogenated alkanes) is 1. The molecule has 2 nitrogen and oxygen atoms in total. The molecule has 1 aliphatic rings. The summed E-state index contributed by atoms with van der Waals surface area (Å²) in [6, 6.07) is 1.47. The first kappa shape index (κ1) is 14.0. The molecule has 1 atom stereocenters. The van der Waals surface area contributed by atoms with Gasteiger partial charge in [-0.15, -0.1) is 0 Å². The summed E-state index contributed by atoms with van der Waals surface area (Å²) in [4.78, 5) is 0. The summed E-state index contributed by atoms with van der Waals surface area (Å²) in [6.07, 6.45) is 9.63. The smallest absolute Gasteiger partial charge is 0.0604 e. The van der Waals surface area contributed by atoms with E-state index >= 15 is 0 Å². The van der Waals surface area contributed by atoms with Crippen molar-refractivity contribution < 1.29 is 4.74 Å². The first-order chi connectivity index (χ1) is 7.80. The van der Waals surface area contributed by atoms with E-state index in [1.54, 1.807) is 0 Å². The molecule has 0 saturated heterocycles. The van der Waals surface area contributed by atoms with Crippen molar-refractivity contribution in [3.63, 3.8) is 0 Å². The first-order valence-corrected chi connectivity index (χ1v) is 7.17. The van der Waals surface area contributed by atoms with Crippen LogP contribution in [0.25, 0.3) is 0 Å². The SMILES string of the molecule is CCCCC(CCC)NC1CC(OCC)C1. The summed E-state index contributed by atoms with van der Waals surface area (Å²) >= 11 is 0. The fourth-order valence-corrected chi connectivity index (χ4v) is 2.52. The Morgan fingerprint density at radius 2 is 1.88 bits per heavy atom. The van der Waals surface area contributed by atoms with Crippen LogP contribution >= 0.6 is 0 Å². The minimum atomic E-state index is 0.538. The van der Waals surface area contributed by atoms with Crippen molar-refractivity contribution in [2.24, 2.45) is 0 Å². The Hall–Kier alpha value is -0.0800. The maximum atomic E-state index is 5.59. The van der Waals surface area contributed by atoms with Gasteiger partial charge in [0.25, 0.3) is 0 Å². The average Bonchev–Trinajstić information content (AvgIpc) is 2.23. The summed E-state index contributed by atoms with van der Waals surface area (Å²) in [7, 11) is 0. The van der Waals surface area contributed by atoms with Crippen LogP contribution in [0.1, 0.15) is 65.7 Å². The van der Waals surface area contributed by atoms with E-state index in [1.165, 1.54) is 44.9 Å². The number of hydrogen-bond acceptors (Lipinski definition) is 2. The summed E-state index contributed by atoms with van der Waals surface area (Å²) in [5, 5.41) is 3.80. The molecule has 16 heavy (non-hydrogen) atoms. The van der Waals surface area contributed by atoms with E-state index in [0.717, 1.165) is 18.7 Å². The Bertz CT molecular complexity index is 166. The Morgan fingerprint density at radius 3 is 2.44 bits per heavy atom. The van der Waals surface area contributed by atoms with E-state index in [2.05, 4.69) is 26.1 Å². The number of nitrogens with one attached hydrogen (secondary N) is 1. The van der Waals surface area contributed by atoms with Crippen LogP contribution in [0, 0.1) is 0 Å². The van der Waals surface area contributed by atoms with Gasteiger partial charge >= 0.3 is 0 Å².